The Morgan fingerprint density at radius 2 is 2.10 bits per heavy atom. The standard InChI is InChI=1S/C8H4OS/c9-5-8-6-3-1-2-4-7(6)10-8/h1-4H. The Morgan fingerprint density at radius 3 is 2.80 bits per heavy atom. The minimum atomic E-state index is 0.732. The number of rotatable bonds is 0. The van der Waals surface area contributed by atoms with E-state index in [2.05, 4.69) is 0 Å². The van der Waals surface area contributed by atoms with E-state index in [4.69, 9.17) is 0 Å². The second-order valence-corrected chi connectivity index (χ2v) is 3.08. The maximum atomic E-state index is 10.2. The zero-order valence-corrected chi connectivity index (χ0v) is 5.94. The van der Waals surface area contributed by atoms with Gasteiger partial charge < -0.3 is 0 Å². The van der Waals surface area contributed by atoms with E-state index in [-0.39, 0.29) is 0 Å². The minimum absolute atomic E-state index is 0.732. The molecule has 10 heavy (non-hydrogen) atoms. The van der Waals surface area contributed by atoms with Gasteiger partial charge in [0, 0.05) is 10.5 Å². The van der Waals surface area contributed by atoms with E-state index in [1.165, 1.54) is 16.7 Å². The van der Waals surface area contributed by atoms with Crippen LogP contribution in [0.2, 0.25) is 0 Å². The minimum Gasteiger partial charge on any atom is -0.232 e. The zero-order chi connectivity index (χ0) is 6.97. The van der Waals surface area contributed by atoms with Crippen LogP contribution in [0.15, 0.2) is 29.2 Å². The number of thioether (sulfide) groups is 1. The Kier molecular flexibility index (Phi) is 1.16. The lowest BCUT2D eigenvalue weighted by atomic mass is 10.2. The monoisotopic (exact) mass is 148 g/mol. The van der Waals surface area contributed by atoms with Crippen LogP contribution < -0.4 is 0 Å². The predicted octanol–water partition coefficient (Wildman–Crippen LogP) is 1.96. The van der Waals surface area contributed by atoms with E-state index >= 15 is 0 Å². The predicted molar refractivity (Wildman–Crippen MR) is 41.4 cm³/mol. The van der Waals surface area contributed by atoms with Crippen molar-refractivity contribution in [2.24, 2.45) is 0 Å². The van der Waals surface area contributed by atoms with Crippen molar-refractivity contribution in [2.45, 2.75) is 4.90 Å². The SMILES string of the molecule is O=C=C1Sc2ccccc21. The Hall–Kier alpha value is -0.980. The summed E-state index contributed by atoms with van der Waals surface area (Å²) < 4.78 is 0. The lowest BCUT2D eigenvalue weighted by Gasteiger charge is -2.16. The highest BCUT2D eigenvalue weighted by molar-refractivity contribution is 8.10. The van der Waals surface area contributed by atoms with E-state index in [0.717, 1.165) is 10.5 Å². The molecule has 1 aliphatic heterocycles. The number of carbonyl (C=O) groups excluding carboxylic acids is 1. The van der Waals surface area contributed by atoms with Gasteiger partial charge in [-0.1, -0.05) is 30.0 Å². The van der Waals surface area contributed by atoms with E-state index in [1.54, 1.807) is 0 Å². The van der Waals surface area contributed by atoms with E-state index in [0.29, 0.717) is 0 Å². The number of fused-ring (bicyclic) bond motifs is 1. The summed E-state index contributed by atoms with van der Waals surface area (Å²) >= 11 is 1.49. The summed E-state index contributed by atoms with van der Waals surface area (Å²) in [5.74, 6) is 1.89. The summed E-state index contributed by atoms with van der Waals surface area (Å²) in [7, 11) is 0. The van der Waals surface area contributed by atoms with Gasteiger partial charge in [-0.15, -0.1) is 0 Å². The van der Waals surface area contributed by atoms with Crippen molar-refractivity contribution in [1.29, 1.82) is 0 Å². The second kappa shape index (κ2) is 2.01. The molecule has 0 unspecified atom stereocenters. The molecule has 0 aliphatic carbocycles. The van der Waals surface area contributed by atoms with Gasteiger partial charge in [0.1, 0.15) is 10.8 Å². The van der Waals surface area contributed by atoms with Gasteiger partial charge in [0.05, 0.1) is 0 Å². The molecule has 0 radical (unpaired) electrons. The second-order valence-electron chi connectivity index (χ2n) is 2.03. The van der Waals surface area contributed by atoms with Gasteiger partial charge in [-0.3, -0.25) is 0 Å². The van der Waals surface area contributed by atoms with Gasteiger partial charge >= 0.3 is 0 Å². The van der Waals surface area contributed by atoms with Crippen molar-refractivity contribution in [1.82, 2.24) is 0 Å². The van der Waals surface area contributed by atoms with Crippen molar-refractivity contribution < 1.29 is 4.79 Å². The van der Waals surface area contributed by atoms with E-state index < -0.39 is 0 Å². The molecule has 2 rings (SSSR count). The maximum Gasteiger partial charge on any atom is 0.140 e. The van der Waals surface area contributed by atoms with Gasteiger partial charge in [0.2, 0.25) is 0 Å². The van der Waals surface area contributed by atoms with Crippen LogP contribution in [0.5, 0.6) is 0 Å². The molecule has 0 spiro atoms. The summed E-state index contributed by atoms with van der Waals surface area (Å²) in [6, 6.07) is 7.83. The Labute approximate surface area is 62.8 Å². The molecule has 0 saturated heterocycles. The lowest BCUT2D eigenvalue weighted by Crippen LogP contribution is -1.94. The van der Waals surface area contributed by atoms with Crippen LogP contribution in [0.1, 0.15) is 5.56 Å². The molecule has 2 heteroatoms. The van der Waals surface area contributed by atoms with E-state index in [1.807, 2.05) is 30.2 Å². The fourth-order valence-corrected chi connectivity index (χ4v) is 1.76. The van der Waals surface area contributed by atoms with E-state index in [9.17, 15) is 4.79 Å². The molecule has 0 N–H and O–H groups in total. The number of hydrogen-bond donors (Lipinski definition) is 0. The van der Waals surface area contributed by atoms with Crippen LogP contribution in [-0.2, 0) is 4.79 Å². The molecule has 0 bridgehead atoms. The molecule has 1 nitrogen and oxygen atoms in total. The van der Waals surface area contributed by atoms with Gasteiger partial charge in [0.25, 0.3) is 0 Å². The first-order chi connectivity index (χ1) is 4.92. The van der Waals surface area contributed by atoms with Crippen LogP contribution in [0, 0.1) is 0 Å². The van der Waals surface area contributed by atoms with Crippen LogP contribution in [0.25, 0.3) is 4.91 Å². The van der Waals surface area contributed by atoms with Crippen molar-refractivity contribution in [3.05, 3.63) is 29.8 Å². The molecule has 0 fully saturated rings. The molecule has 1 aromatic carbocycles. The lowest BCUT2D eigenvalue weighted by molar-refractivity contribution is 0.570. The Bertz CT molecular complexity index is 324. The smallest absolute Gasteiger partial charge is 0.140 e. The highest BCUT2D eigenvalue weighted by Crippen LogP contribution is 2.46. The molecule has 0 saturated carbocycles. The molecule has 48 valence electrons. The average Bonchev–Trinajstić information content (AvgIpc) is 1.92. The van der Waals surface area contributed by atoms with Crippen molar-refractivity contribution in [2.75, 3.05) is 0 Å². The highest BCUT2D eigenvalue weighted by Gasteiger charge is 2.19. The third-order valence-electron chi connectivity index (χ3n) is 1.44. The summed E-state index contributed by atoms with van der Waals surface area (Å²) in [6.45, 7) is 0. The summed E-state index contributed by atoms with van der Waals surface area (Å²) in [4.78, 5) is 12.1. The van der Waals surface area contributed by atoms with Gasteiger partial charge in [-0.25, -0.2) is 4.79 Å². The summed E-state index contributed by atoms with van der Waals surface area (Å²) in [6.07, 6.45) is 0. The van der Waals surface area contributed by atoms with Crippen LogP contribution in [-0.4, -0.2) is 5.94 Å². The fraction of sp³-hybridized carbons (Fsp3) is 0. The number of benzene rings is 1. The van der Waals surface area contributed by atoms with Gasteiger partial charge in [0.15, 0.2) is 0 Å². The molecule has 1 heterocycles. The normalized spacial score (nSPS) is 13.4. The van der Waals surface area contributed by atoms with Crippen molar-refractivity contribution >= 4 is 22.6 Å². The largest absolute Gasteiger partial charge is 0.232 e. The third kappa shape index (κ3) is 0.635. The topological polar surface area (TPSA) is 17.1 Å². The average molecular weight is 148 g/mol. The summed E-state index contributed by atoms with van der Waals surface area (Å²) in [5, 5.41) is 0. The molecule has 0 atom stereocenters. The van der Waals surface area contributed by atoms with Crippen LogP contribution in [0.4, 0.5) is 0 Å². The Balaban J connectivity index is 2.62. The molecule has 0 amide bonds. The molecular weight excluding hydrogens is 144 g/mol. The first-order valence-corrected chi connectivity index (χ1v) is 3.76. The molecule has 1 aromatic rings. The maximum absolute atomic E-state index is 10.2. The van der Waals surface area contributed by atoms with Crippen LogP contribution >= 0.6 is 11.8 Å². The molecule has 0 aromatic heterocycles. The van der Waals surface area contributed by atoms with Crippen molar-refractivity contribution in [3.63, 3.8) is 0 Å². The van der Waals surface area contributed by atoms with Gasteiger partial charge in [-0.05, 0) is 6.07 Å². The number of hydrogen-bond acceptors (Lipinski definition) is 2. The zero-order valence-electron chi connectivity index (χ0n) is 5.13. The van der Waals surface area contributed by atoms with Gasteiger partial charge in [-0.2, -0.15) is 0 Å². The fourth-order valence-electron chi connectivity index (χ4n) is 0.938. The summed E-state index contributed by atoms with van der Waals surface area (Å²) in [5.41, 5.74) is 1.04. The van der Waals surface area contributed by atoms with Crippen molar-refractivity contribution in [3.8, 4) is 0 Å². The third-order valence-corrected chi connectivity index (χ3v) is 2.52. The molecule has 1 aliphatic rings. The first kappa shape index (κ1) is 5.78. The first-order valence-electron chi connectivity index (χ1n) is 2.94. The molecular formula is C8H4OS. The van der Waals surface area contributed by atoms with Crippen LogP contribution in [0.3, 0.4) is 0 Å². The Morgan fingerprint density at radius 1 is 1.30 bits per heavy atom. The quantitative estimate of drug-likeness (QED) is 0.523. The highest BCUT2D eigenvalue weighted by atomic mass is 32.2.